The van der Waals surface area contributed by atoms with Crippen molar-refractivity contribution in [2.24, 2.45) is 0 Å². The summed E-state index contributed by atoms with van der Waals surface area (Å²) < 4.78 is 70.2. The van der Waals surface area contributed by atoms with Gasteiger partial charge in [-0.1, -0.05) is 12.0 Å². The van der Waals surface area contributed by atoms with E-state index in [1.54, 1.807) is 0 Å². The summed E-state index contributed by atoms with van der Waals surface area (Å²) in [6, 6.07) is 4.66. The normalized spacial score (nSPS) is 27.9. The van der Waals surface area contributed by atoms with Gasteiger partial charge in [0.15, 0.2) is 5.82 Å². The Morgan fingerprint density at radius 2 is 1.94 bits per heavy atom. The second-order valence-corrected chi connectivity index (χ2v) is 14.1. The minimum Gasteiger partial charge on any atom is -0.461 e. The highest BCUT2D eigenvalue weighted by Gasteiger charge is 2.50. The lowest BCUT2D eigenvalue weighted by Crippen LogP contribution is -2.58. The summed E-state index contributed by atoms with van der Waals surface area (Å²) in [4.78, 5) is 18.2. The van der Waals surface area contributed by atoms with Crippen LogP contribution in [-0.4, -0.2) is 75.9 Å². The van der Waals surface area contributed by atoms with Gasteiger partial charge in [-0.3, -0.25) is 4.90 Å². The first-order valence-corrected chi connectivity index (χ1v) is 16.9. The fourth-order valence-electron chi connectivity index (χ4n) is 9.35. The number of benzene rings is 2. The summed E-state index contributed by atoms with van der Waals surface area (Å²) in [7, 11) is 0. The maximum absolute atomic E-state index is 17.2. The van der Waals surface area contributed by atoms with E-state index in [4.69, 9.17) is 21.9 Å². The number of aromatic nitrogens is 3. The third kappa shape index (κ3) is 4.39. The molecule has 0 radical (unpaired) electrons. The van der Waals surface area contributed by atoms with E-state index in [-0.39, 0.29) is 64.3 Å². The maximum Gasteiger partial charge on any atom is 0.319 e. The summed E-state index contributed by atoms with van der Waals surface area (Å²) >= 11 is 0. The number of nitrogens with zero attached hydrogens (tertiary/aromatic N) is 5. The van der Waals surface area contributed by atoms with Crippen LogP contribution in [0.15, 0.2) is 18.2 Å². The number of ether oxygens (including phenoxy) is 1. The van der Waals surface area contributed by atoms with Gasteiger partial charge in [0.05, 0.1) is 27.7 Å². The average Bonchev–Trinajstić information content (AvgIpc) is 3.73. The maximum atomic E-state index is 17.2. The molecule has 5 aliphatic rings. The smallest absolute Gasteiger partial charge is 0.319 e. The Hall–Kier alpha value is -4.21. The minimum absolute atomic E-state index is 0.00304. The number of aryl methyl sites for hydroxylation is 1. The van der Waals surface area contributed by atoms with E-state index in [1.165, 1.54) is 18.2 Å². The molecule has 2 aromatic heterocycles. The van der Waals surface area contributed by atoms with E-state index in [2.05, 4.69) is 31.0 Å². The molecule has 5 aliphatic heterocycles. The Kier molecular flexibility index (Phi) is 6.79. The molecular formula is C36H35F4N7O. The predicted molar refractivity (Wildman–Crippen MR) is 175 cm³/mol. The van der Waals surface area contributed by atoms with Gasteiger partial charge in [0.1, 0.15) is 41.6 Å². The summed E-state index contributed by atoms with van der Waals surface area (Å²) in [6.07, 6.45) is 10.6. The highest BCUT2D eigenvalue weighted by molar-refractivity contribution is 6.04. The van der Waals surface area contributed by atoms with Gasteiger partial charge in [0.25, 0.3) is 0 Å². The predicted octanol–water partition coefficient (Wildman–Crippen LogP) is 5.43. The lowest BCUT2D eigenvalue weighted by atomic mass is 9.89. The lowest BCUT2D eigenvalue weighted by molar-refractivity contribution is 0.107. The van der Waals surface area contributed by atoms with Crippen LogP contribution in [0.25, 0.3) is 32.9 Å². The first-order valence-electron chi connectivity index (χ1n) is 16.9. The molecule has 5 atom stereocenters. The standard InChI is InChI=1S/C36H35F4N7O/c1-2-21-23(38)9-7-18-13-26(41)43-32(27(18)21)29-30(39)22-5-3-6-25-24-10-8-20(42-24)16-47(25)34-28(22)33(31(29)40)44-35(45-34)48-17-36-11-4-12-46(36)15-19(37)14-36/h1,7,9,13,19-20,24-25,42H,3-6,8,10-12,14-17H2,(H2,41,43)/t19-,20-,24+,25?,36+/m1/s1. The number of anilines is 2. The number of hydrogen-bond donors (Lipinski definition) is 2. The second kappa shape index (κ2) is 10.9. The molecule has 248 valence electrons. The quantitative estimate of drug-likeness (QED) is 0.222. The number of nitrogens with two attached hydrogens (primary N) is 1. The third-order valence-electron chi connectivity index (χ3n) is 11.4. The summed E-state index contributed by atoms with van der Waals surface area (Å²) in [5.74, 6) is 0.273. The van der Waals surface area contributed by atoms with Gasteiger partial charge in [-0.05, 0) is 69.0 Å². The first kappa shape index (κ1) is 29.9. The van der Waals surface area contributed by atoms with Gasteiger partial charge in [-0.15, -0.1) is 6.42 Å². The number of alkyl halides is 1. The van der Waals surface area contributed by atoms with Crippen LogP contribution in [0.3, 0.4) is 0 Å². The second-order valence-electron chi connectivity index (χ2n) is 14.1. The van der Waals surface area contributed by atoms with Crippen molar-refractivity contribution >= 4 is 33.3 Å². The zero-order valence-corrected chi connectivity index (χ0v) is 26.3. The molecule has 3 N–H and O–H groups in total. The van der Waals surface area contributed by atoms with Crippen LogP contribution in [-0.2, 0) is 6.42 Å². The lowest BCUT2D eigenvalue weighted by Gasteiger charge is -2.43. The minimum atomic E-state index is -0.980. The molecule has 8 nitrogen and oxygen atoms in total. The zero-order chi connectivity index (χ0) is 32.9. The SMILES string of the molecule is C#Cc1c(F)ccc2cc(N)nc(-c3c(F)c4c5c(nc(OC[C@@]67CCCN6C[C@H](F)C7)nc5c3F)N3C[C@H]5CC[C@H](N5)C3CCC4)c12. The Morgan fingerprint density at radius 3 is 2.79 bits per heavy atom. The largest absolute Gasteiger partial charge is 0.461 e. The van der Waals surface area contributed by atoms with Gasteiger partial charge in [-0.25, -0.2) is 22.5 Å². The van der Waals surface area contributed by atoms with Crippen molar-refractivity contribution < 1.29 is 22.3 Å². The Bertz CT molecular complexity index is 2050. The summed E-state index contributed by atoms with van der Waals surface area (Å²) in [5.41, 5.74) is 5.01. The van der Waals surface area contributed by atoms with E-state index in [0.29, 0.717) is 48.9 Å². The number of piperazine rings is 1. The van der Waals surface area contributed by atoms with Crippen LogP contribution in [0, 0.1) is 29.8 Å². The number of rotatable bonds is 4. The molecule has 9 rings (SSSR count). The van der Waals surface area contributed by atoms with Crippen molar-refractivity contribution in [3.8, 4) is 29.6 Å². The number of nitrogen functional groups attached to an aromatic ring is 1. The van der Waals surface area contributed by atoms with Crippen molar-refractivity contribution in [3.05, 3.63) is 46.8 Å². The van der Waals surface area contributed by atoms with Gasteiger partial charge in [0, 0.05) is 48.6 Å². The summed E-state index contributed by atoms with van der Waals surface area (Å²) in [5, 5.41) is 4.51. The van der Waals surface area contributed by atoms with Crippen LogP contribution in [0.1, 0.15) is 56.1 Å². The molecule has 1 unspecified atom stereocenters. The van der Waals surface area contributed by atoms with Crippen molar-refractivity contribution in [1.29, 1.82) is 0 Å². The van der Waals surface area contributed by atoms with Crippen molar-refractivity contribution in [1.82, 2.24) is 25.2 Å². The van der Waals surface area contributed by atoms with E-state index in [1.807, 2.05) is 0 Å². The fourth-order valence-corrected chi connectivity index (χ4v) is 9.35. The fraction of sp³-hybridized carbons (Fsp3) is 0.472. The monoisotopic (exact) mass is 657 g/mol. The van der Waals surface area contributed by atoms with E-state index < -0.39 is 34.7 Å². The topological polar surface area (TPSA) is 92.4 Å². The molecular weight excluding hydrogens is 622 g/mol. The number of nitrogens with one attached hydrogen (secondary N) is 1. The molecule has 0 aliphatic carbocycles. The van der Waals surface area contributed by atoms with E-state index in [9.17, 15) is 4.39 Å². The molecule has 48 heavy (non-hydrogen) atoms. The summed E-state index contributed by atoms with van der Waals surface area (Å²) in [6.45, 7) is 1.94. The number of terminal acetylenes is 1. The highest BCUT2D eigenvalue weighted by atomic mass is 19.1. The van der Waals surface area contributed by atoms with Crippen molar-refractivity contribution in [2.45, 2.75) is 81.2 Å². The van der Waals surface area contributed by atoms with Crippen LogP contribution in [0.2, 0.25) is 0 Å². The number of halogens is 4. The van der Waals surface area contributed by atoms with Crippen LogP contribution >= 0.6 is 0 Å². The van der Waals surface area contributed by atoms with Crippen LogP contribution in [0.5, 0.6) is 6.01 Å². The zero-order valence-electron chi connectivity index (χ0n) is 26.3. The molecule has 0 spiro atoms. The van der Waals surface area contributed by atoms with E-state index in [0.717, 1.165) is 38.6 Å². The van der Waals surface area contributed by atoms with Gasteiger partial charge in [-0.2, -0.15) is 9.97 Å². The Labute approximate surface area is 275 Å². The number of pyridine rings is 1. The molecule has 7 heterocycles. The van der Waals surface area contributed by atoms with Gasteiger partial charge < -0.3 is 20.7 Å². The molecule has 4 aromatic rings. The van der Waals surface area contributed by atoms with Gasteiger partial charge >= 0.3 is 6.01 Å². The number of fused-ring (bicyclic) bond motifs is 7. The molecule has 12 heteroatoms. The first-order chi connectivity index (χ1) is 23.2. The van der Waals surface area contributed by atoms with E-state index >= 15 is 13.2 Å². The average molecular weight is 658 g/mol. The molecule has 4 saturated heterocycles. The Morgan fingerprint density at radius 1 is 1.06 bits per heavy atom. The van der Waals surface area contributed by atoms with Crippen LogP contribution < -0.4 is 20.7 Å². The molecule has 2 aromatic carbocycles. The third-order valence-corrected chi connectivity index (χ3v) is 11.4. The molecule has 4 fully saturated rings. The Balaban J connectivity index is 1.28. The molecule has 2 bridgehead atoms. The van der Waals surface area contributed by atoms with Crippen molar-refractivity contribution in [3.63, 3.8) is 0 Å². The highest BCUT2D eigenvalue weighted by Crippen LogP contribution is 2.46. The van der Waals surface area contributed by atoms with Gasteiger partial charge in [0.2, 0.25) is 0 Å². The molecule has 0 amide bonds. The molecule has 0 saturated carbocycles. The van der Waals surface area contributed by atoms with Crippen molar-refractivity contribution in [2.75, 3.05) is 36.9 Å². The number of hydrogen-bond acceptors (Lipinski definition) is 8. The van der Waals surface area contributed by atoms with Crippen LogP contribution in [0.4, 0.5) is 29.2 Å².